The predicted octanol–water partition coefficient (Wildman–Crippen LogP) is 6.93. The number of hydrogen-bond acceptors (Lipinski definition) is 4. The van der Waals surface area contributed by atoms with E-state index in [0.29, 0.717) is 33.4 Å². The van der Waals surface area contributed by atoms with Gasteiger partial charge in [-0.25, -0.2) is 9.37 Å². The lowest BCUT2D eigenvalue weighted by Gasteiger charge is -2.31. The van der Waals surface area contributed by atoms with Gasteiger partial charge in [0.05, 0.1) is 17.7 Å². The Morgan fingerprint density at radius 3 is 2.69 bits per heavy atom. The van der Waals surface area contributed by atoms with E-state index in [1.807, 2.05) is 35.2 Å². The maximum Gasteiger partial charge on any atom is 0.253 e. The Bertz CT molecular complexity index is 1220. The van der Waals surface area contributed by atoms with Crippen LogP contribution >= 0.6 is 23.2 Å². The molecule has 1 amide bonds. The van der Waals surface area contributed by atoms with Gasteiger partial charge in [0, 0.05) is 46.6 Å². The summed E-state index contributed by atoms with van der Waals surface area (Å²) >= 11 is 12.3. The van der Waals surface area contributed by atoms with Gasteiger partial charge in [-0.1, -0.05) is 42.3 Å². The first-order valence-corrected chi connectivity index (χ1v) is 12.4. The lowest BCUT2D eigenvalue weighted by molar-refractivity contribution is 0.0527. The van der Waals surface area contributed by atoms with Crippen molar-refractivity contribution in [3.63, 3.8) is 0 Å². The molecule has 3 aromatic rings. The van der Waals surface area contributed by atoms with Crippen molar-refractivity contribution in [2.24, 2.45) is 5.92 Å². The molecule has 0 bridgehead atoms. The number of aromatic nitrogens is 1. The van der Waals surface area contributed by atoms with Crippen LogP contribution in [-0.4, -0.2) is 28.9 Å². The first-order chi connectivity index (χ1) is 16.7. The fourth-order valence-electron chi connectivity index (χ4n) is 4.37. The van der Waals surface area contributed by atoms with Crippen LogP contribution in [-0.2, 0) is 11.3 Å². The number of likely N-dealkylation sites (tertiary alicyclic amines) is 1. The summed E-state index contributed by atoms with van der Waals surface area (Å²) in [5.74, 6) is 0.380. The number of carbonyl (C=O) groups excluding carboxylic acids is 1. The van der Waals surface area contributed by atoms with E-state index >= 15 is 0 Å². The number of nitrogens with two attached hydrogens (primary N) is 1. The highest BCUT2D eigenvalue weighted by molar-refractivity contribution is 6.36. The molecule has 1 aromatic heterocycles. The minimum absolute atomic E-state index is 0.0569. The number of anilines is 1. The second-order valence-electron chi connectivity index (χ2n) is 9.05. The topological polar surface area (TPSA) is 68.5 Å². The van der Waals surface area contributed by atoms with Crippen molar-refractivity contribution in [3.05, 3.63) is 81.2 Å². The monoisotopic (exact) mass is 515 g/mol. The molecule has 2 atom stereocenters. The van der Waals surface area contributed by atoms with Gasteiger partial charge in [0.25, 0.3) is 5.91 Å². The van der Waals surface area contributed by atoms with Crippen molar-refractivity contribution in [2.45, 2.75) is 39.4 Å². The van der Waals surface area contributed by atoms with Gasteiger partial charge in [-0.2, -0.15) is 0 Å². The molecule has 0 saturated carbocycles. The fraction of sp³-hybridized carbons (Fsp3) is 0.333. The molecule has 5 nitrogen and oxygen atoms in total. The van der Waals surface area contributed by atoms with Gasteiger partial charge in [0.2, 0.25) is 0 Å². The zero-order valence-corrected chi connectivity index (χ0v) is 21.2. The van der Waals surface area contributed by atoms with Crippen LogP contribution in [0.15, 0.2) is 48.7 Å². The summed E-state index contributed by atoms with van der Waals surface area (Å²) in [7, 11) is 0. The number of piperidine rings is 1. The number of halogens is 3. The largest absolute Gasteiger partial charge is 0.383 e. The molecule has 184 valence electrons. The molecule has 2 heterocycles. The van der Waals surface area contributed by atoms with Crippen molar-refractivity contribution >= 4 is 34.9 Å². The van der Waals surface area contributed by atoms with E-state index in [-0.39, 0.29) is 17.5 Å². The van der Waals surface area contributed by atoms with Crippen molar-refractivity contribution in [3.8, 4) is 11.1 Å². The molecule has 1 fully saturated rings. The highest BCUT2D eigenvalue weighted by atomic mass is 35.5. The SMILES string of the molecule is CC1CCCN(C(=O)c2ccc(-c3cnc(N)c(COC(C)c4c(Cl)ccc(F)c4Cl)c3)cc2)C1. The van der Waals surface area contributed by atoms with Crippen LogP contribution in [0, 0.1) is 11.7 Å². The van der Waals surface area contributed by atoms with Crippen LogP contribution in [0.4, 0.5) is 10.2 Å². The molecule has 2 aromatic carbocycles. The Morgan fingerprint density at radius 2 is 1.97 bits per heavy atom. The van der Waals surface area contributed by atoms with E-state index in [1.165, 1.54) is 18.6 Å². The highest BCUT2D eigenvalue weighted by Gasteiger charge is 2.22. The second-order valence-corrected chi connectivity index (χ2v) is 9.84. The first kappa shape index (κ1) is 25.4. The maximum atomic E-state index is 13.9. The van der Waals surface area contributed by atoms with E-state index in [1.54, 1.807) is 13.1 Å². The molecule has 35 heavy (non-hydrogen) atoms. The summed E-state index contributed by atoms with van der Waals surface area (Å²) in [6.45, 7) is 5.68. The summed E-state index contributed by atoms with van der Waals surface area (Å²) in [6.07, 6.45) is 3.34. The summed E-state index contributed by atoms with van der Waals surface area (Å²) in [5.41, 5.74) is 9.58. The second kappa shape index (κ2) is 10.9. The molecule has 0 spiro atoms. The summed E-state index contributed by atoms with van der Waals surface area (Å²) in [5, 5.41) is 0.274. The van der Waals surface area contributed by atoms with Crippen LogP contribution < -0.4 is 5.73 Å². The molecular weight excluding hydrogens is 488 g/mol. The lowest BCUT2D eigenvalue weighted by atomic mass is 9.99. The Balaban J connectivity index is 1.47. The highest BCUT2D eigenvalue weighted by Crippen LogP contribution is 2.35. The molecule has 2 N–H and O–H groups in total. The van der Waals surface area contributed by atoms with Crippen molar-refractivity contribution in [1.29, 1.82) is 0 Å². The number of ether oxygens (including phenoxy) is 1. The Morgan fingerprint density at radius 1 is 1.23 bits per heavy atom. The molecule has 1 aliphatic heterocycles. The Hall–Kier alpha value is -2.67. The summed E-state index contributed by atoms with van der Waals surface area (Å²) < 4.78 is 19.8. The summed E-state index contributed by atoms with van der Waals surface area (Å²) in [4.78, 5) is 19.1. The quantitative estimate of drug-likeness (QED) is 0.361. The number of nitrogen functional groups attached to an aromatic ring is 1. The third-order valence-electron chi connectivity index (χ3n) is 6.39. The van der Waals surface area contributed by atoms with E-state index in [2.05, 4.69) is 11.9 Å². The van der Waals surface area contributed by atoms with E-state index in [0.717, 1.165) is 30.6 Å². The van der Waals surface area contributed by atoms with E-state index < -0.39 is 11.9 Å². The molecule has 8 heteroatoms. The number of carbonyl (C=O) groups is 1. The maximum absolute atomic E-state index is 13.9. The predicted molar refractivity (Wildman–Crippen MR) is 138 cm³/mol. The van der Waals surface area contributed by atoms with Gasteiger partial charge in [-0.05, 0) is 61.6 Å². The molecular formula is C27H28Cl2FN3O2. The van der Waals surface area contributed by atoms with Gasteiger partial charge in [0.1, 0.15) is 11.6 Å². The number of nitrogens with zero attached hydrogens (tertiary/aromatic N) is 2. The normalized spacial score (nSPS) is 16.8. The van der Waals surface area contributed by atoms with Crippen molar-refractivity contribution in [1.82, 2.24) is 9.88 Å². The van der Waals surface area contributed by atoms with Crippen LogP contribution in [0.1, 0.15) is 54.3 Å². The van der Waals surface area contributed by atoms with E-state index in [9.17, 15) is 9.18 Å². The minimum Gasteiger partial charge on any atom is -0.383 e. The molecule has 0 aliphatic carbocycles. The third-order valence-corrected chi connectivity index (χ3v) is 7.10. The van der Waals surface area contributed by atoms with Gasteiger partial charge in [-0.3, -0.25) is 4.79 Å². The molecule has 0 radical (unpaired) electrons. The standard InChI is InChI=1S/C27H28Cl2FN3O2/c1-16-4-3-11-33(14-16)27(34)19-7-5-18(6-8-19)20-12-21(26(31)32-13-20)15-35-17(2)24-22(28)9-10-23(30)25(24)29/h5-10,12-13,16-17H,3-4,11,14-15H2,1-2H3,(H2,31,32). The number of rotatable bonds is 6. The lowest BCUT2D eigenvalue weighted by Crippen LogP contribution is -2.39. The number of amides is 1. The Labute approximate surface area is 215 Å². The van der Waals surface area contributed by atoms with Crippen molar-refractivity contribution in [2.75, 3.05) is 18.8 Å². The molecule has 1 aliphatic rings. The number of hydrogen-bond donors (Lipinski definition) is 1. The number of pyridine rings is 1. The minimum atomic E-state index is -0.559. The third kappa shape index (κ3) is 5.77. The van der Waals surface area contributed by atoms with Gasteiger partial charge >= 0.3 is 0 Å². The zero-order valence-electron chi connectivity index (χ0n) is 19.7. The smallest absolute Gasteiger partial charge is 0.253 e. The van der Waals surface area contributed by atoms with Crippen LogP contribution in [0.5, 0.6) is 0 Å². The van der Waals surface area contributed by atoms with Crippen LogP contribution in [0.3, 0.4) is 0 Å². The average molecular weight is 516 g/mol. The zero-order chi connectivity index (χ0) is 25.1. The molecule has 1 saturated heterocycles. The van der Waals surface area contributed by atoms with Gasteiger partial charge in [-0.15, -0.1) is 0 Å². The molecule has 2 unspecified atom stereocenters. The van der Waals surface area contributed by atoms with Gasteiger partial charge in [0.15, 0.2) is 0 Å². The number of benzene rings is 2. The van der Waals surface area contributed by atoms with Crippen molar-refractivity contribution < 1.29 is 13.9 Å². The molecule has 4 rings (SSSR count). The van der Waals surface area contributed by atoms with E-state index in [4.69, 9.17) is 33.7 Å². The van der Waals surface area contributed by atoms with Crippen LogP contribution in [0.25, 0.3) is 11.1 Å². The van der Waals surface area contributed by atoms with Gasteiger partial charge < -0.3 is 15.4 Å². The average Bonchev–Trinajstić information content (AvgIpc) is 2.85. The van der Waals surface area contributed by atoms with Crippen LogP contribution in [0.2, 0.25) is 10.0 Å². The Kier molecular flexibility index (Phi) is 7.95. The summed E-state index contributed by atoms with van der Waals surface area (Å²) in [6, 6.07) is 12.1. The first-order valence-electron chi connectivity index (χ1n) is 11.6. The fourth-order valence-corrected chi connectivity index (χ4v) is 5.05.